The summed E-state index contributed by atoms with van der Waals surface area (Å²) in [7, 11) is 4.48. The van der Waals surface area contributed by atoms with Gasteiger partial charge in [0, 0.05) is 26.9 Å². The number of amides is 3. The van der Waals surface area contributed by atoms with E-state index in [2.05, 4.69) is 16.0 Å². The first kappa shape index (κ1) is 36.6. The van der Waals surface area contributed by atoms with Gasteiger partial charge in [0.1, 0.15) is 10.9 Å². The van der Waals surface area contributed by atoms with Gasteiger partial charge in [-0.1, -0.05) is 72.3 Å². The second-order valence-electron chi connectivity index (χ2n) is 11.1. The van der Waals surface area contributed by atoms with Crippen LogP contribution in [0.1, 0.15) is 32.3 Å². The zero-order chi connectivity index (χ0) is 36.3. The van der Waals surface area contributed by atoms with Gasteiger partial charge in [0.05, 0.1) is 21.3 Å². The molecule has 51 heavy (non-hydrogen) atoms. The molecule has 0 bridgehead atoms. The predicted molar refractivity (Wildman–Crippen MR) is 203 cm³/mol. The normalized spacial score (nSPS) is 11.6. The van der Waals surface area contributed by atoms with Crippen molar-refractivity contribution >= 4 is 58.5 Å². The van der Waals surface area contributed by atoms with Gasteiger partial charge in [0.25, 0.3) is 11.8 Å². The highest BCUT2D eigenvalue weighted by atomic mass is 35.5. The van der Waals surface area contributed by atoms with Crippen LogP contribution in [0, 0.1) is 6.92 Å². The van der Waals surface area contributed by atoms with E-state index in [1.54, 1.807) is 72.8 Å². The third-order valence-corrected chi connectivity index (χ3v) is 9.40. The van der Waals surface area contributed by atoms with Gasteiger partial charge >= 0.3 is 0 Å². The van der Waals surface area contributed by atoms with Crippen LogP contribution >= 0.6 is 23.4 Å². The van der Waals surface area contributed by atoms with Crippen LogP contribution in [0.4, 0.5) is 11.4 Å². The van der Waals surface area contributed by atoms with E-state index in [1.165, 1.54) is 39.2 Å². The average molecular weight is 722 g/mol. The minimum absolute atomic E-state index is 0.0328. The molecule has 0 heterocycles. The fraction of sp³-hybridized carbons (Fsp3) is 0.125. The highest BCUT2D eigenvalue weighted by Gasteiger charge is 2.24. The molecule has 0 aliphatic heterocycles. The van der Waals surface area contributed by atoms with Crippen LogP contribution in [-0.4, -0.2) is 39.1 Å². The summed E-state index contributed by atoms with van der Waals surface area (Å²) < 4.78 is 16.4. The molecule has 3 amide bonds. The molecule has 9 nitrogen and oxygen atoms in total. The van der Waals surface area contributed by atoms with Crippen molar-refractivity contribution in [3.63, 3.8) is 0 Å². The zero-order valence-corrected chi connectivity index (χ0v) is 29.9. The van der Waals surface area contributed by atoms with Crippen molar-refractivity contribution in [1.29, 1.82) is 0 Å². The Balaban J connectivity index is 1.44. The van der Waals surface area contributed by atoms with Gasteiger partial charge < -0.3 is 30.2 Å². The lowest BCUT2D eigenvalue weighted by Crippen LogP contribution is -2.30. The van der Waals surface area contributed by atoms with Crippen LogP contribution in [0.2, 0.25) is 5.02 Å². The number of nitrogens with one attached hydrogen (secondary N) is 3. The fourth-order valence-electron chi connectivity index (χ4n) is 5.12. The molecule has 0 spiro atoms. The van der Waals surface area contributed by atoms with Gasteiger partial charge in [0.2, 0.25) is 11.7 Å². The highest BCUT2D eigenvalue weighted by molar-refractivity contribution is 8.00. The van der Waals surface area contributed by atoms with Crippen molar-refractivity contribution in [2.75, 3.05) is 32.0 Å². The van der Waals surface area contributed by atoms with Crippen molar-refractivity contribution in [3.8, 4) is 17.2 Å². The number of halogens is 1. The maximum atomic E-state index is 13.9. The third-order valence-electron chi connectivity index (χ3n) is 7.74. The second kappa shape index (κ2) is 17.3. The van der Waals surface area contributed by atoms with E-state index in [9.17, 15) is 14.4 Å². The van der Waals surface area contributed by atoms with Gasteiger partial charge in [-0.15, -0.1) is 11.8 Å². The summed E-state index contributed by atoms with van der Waals surface area (Å²) in [4.78, 5) is 41.6. The number of rotatable bonds is 13. The van der Waals surface area contributed by atoms with E-state index in [1.807, 2.05) is 49.4 Å². The Labute approximate surface area is 306 Å². The summed E-state index contributed by atoms with van der Waals surface area (Å²) in [6.07, 6.45) is 1.52. The van der Waals surface area contributed by atoms with Crippen LogP contribution in [0.25, 0.3) is 6.08 Å². The van der Waals surface area contributed by atoms with Crippen LogP contribution in [0.5, 0.6) is 17.2 Å². The molecule has 260 valence electrons. The van der Waals surface area contributed by atoms with Crippen LogP contribution < -0.4 is 30.2 Å². The average Bonchev–Trinajstić information content (AvgIpc) is 3.15. The summed E-state index contributed by atoms with van der Waals surface area (Å²) >= 11 is 7.64. The van der Waals surface area contributed by atoms with E-state index >= 15 is 0 Å². The van der Waals surface area contributed by atoms with Crippen LogP contribution in [0.15, 0.2) is 126 Å². The largest absolute Gasteiger partial charge is 0.493 e. The molecule has 0 aliphatic rings. The Morgan fingerprint density at radius 1 is 0.745 bits per heavy atom. The zero-order valence-electron chi connectivity index (χ0n) is 28.4. The Morgan fingerprint density at radius 2 is 1.39 bits per heavy atom. The van der Waals surface area contributed by atoms with Crippen molar-refractivity contribution in [1.82, 2.24) is 5.32 Å². The number of hydrogen-bond acceptors (Lipinski definition) is 7. The first-order chi connectivity index (χ1) is 24.7. The van der Waals surface area contributed by atoms with Crippen molar-refractivity contribution < 1.29 is 28.6 Å². The summed E-state index contributed by atoms with van der Waals surface area (Å²) in [5.41, 5.74) is 3.50. The molecule has 0 aromatic heterocycles. The number of carbonyl (C=O) groups excluding carboxylic acids is 3. The van der Waals surface area contributed by atoms with Crippen molar-refractivity contribution in [3.05, 3.63) is 148 Å². The molecule has 3 N–H and O–H groups in total. The number of ether oxygens (including phenoxy) is 3. The molecule has 1 atom stereocenters. The molecular weight excluding hydrogens is 686 g/mol. The first-order valence-corrected chi connectivity index (χ1v) is 17.0. The number of thioether (sulfide) groups is 1. The summed E-state index contributed by atoms with van der Waals surface area (Å²) in [6.45, 7) is 1.85. The highest BCUT2D eigenvalue weighted by Crippen LogP contribution is 2.39. The maximum Gasteiger partial charge on any atom is 0.272 e. The molecule has 11 heteroatoms. The van der Waals surface area contributed by atoms with E-state index in [4.69, 9.17) is 25.8 Å². The molecular formula is C40H36ClN3O6S. The number of benzene rings is 5. The quantitative estimate of drug-likeness (QED) is 0.0825. The van der Waals surface area contributed by atoms with Crippen molar-refractivity contribution in [2.24, 2.45) is 0 Å². The first-order valence-electron chi connectivity index (χ1n) is 15.8. The second-order valence-corrected chi connectivity index (χ2v) is 12.7. The molecule has 5 rings (SSSR count). The van der Waals surface area contributed by atoms with Crippen LogP contribution in [-0.2, 0) is 9.59 Å². The van der Waals surface area contributed by atoms with Gasteiger partial charge in [-0.3, -0.25) is 14.4 Å². The summed E-state index contributed by atoms with van der Waals surface area (Å²) in [5, 5.41) is 8.60. The van der Waals surface area contributed by atoms with Gasteiger partial charge in [-0.2, -0.15) is 0 Å². The number of methoxy groups -OCH3 is 3. The monoisotopic (exact) mass is 721 g/mol. The standard InChI is InChI=1S/C40H36ClN3O6S/c1-25-31(41)19-12-20-32(25)43-40(47)37(27-13-7-5-8-14-27)51-30-18-11-17-29(24-30)42-39(46)33(44-38(45)28-15-9-6-10-16-28)21-26-22-34(48-2)36(50-4)35(23-26)49-3/h5-24,37H,1-4H3,(H,42,46)(H,43,47)(H,44,45)/b33-21+. The molecule has 0 aliphatic carbocycles. The lowest BCUT2D eigenvalue weighted by atomic mass is 10.1. The lowest BCUT2D eigenvalue weighted by Gasteiger charge is -2.19. The Bertz CT molecular complexity index is 2030. The minimum Gasteiger partial charge on any atom is -0.493 e. The molecule has 0 saturated carbocycles. The van der Waals surface area contributed by atoms with E-state index < -0.39 is 17.1 Å². The Morgan fingerprint density at radius 3 is 2.04 bits per heavy atom. The van der Waals surface area contributed by atoms with E-state index in [-0.39, 0.29) is 11.6 Å². The van der Waals surface area contributed by atoms with Gasteiger partial charge in [-0.05, 0) is 84.3 Å². The minimum atomic E-state index is -0.629. The van der Waals surface area contributed by atoms with Gasteiger partial charge in [-0.25, -0.2) is 0 Å². The van der Waals surface area contributed by atoms with E-state index in [0.717, 1.165) is 16.0 Å². The van der Waals surface area contributed by atoms with E-state index in [0.29, 0.717) is 44.8 Å². The fourth-order valence-corrected chi connectivity index (χ4v) is 6.38. The summed E-state index contributed by atoms with van der Waals surface area (Å²) in [6, 6.07) is 33.8. The molecule has 5 aromatic carbocycles. The topological polar surface area (TPSA) is 115 Å². The molecule has 0 fully saturated rings. The Hall–Kier alpha value is -5.71. The molecule has 1 unspecified atom stereocenters. The van der Waals surface area contributed by atoms with Gasteiger partial charge in [0.15, 0.2) is 11.5 Å². The lowest BCUT2D eigenvalue weighted by molar-refractivity contribution is -0.116. The van der Waals surface area contributed by atoms with Crippen molar-refractivity contribution in [2.45, 2.75) is 17.1 Å². The molecule has 0 saturated heterocycles. The van der Waals surface area contributed by atoms with Crippen LogP contribution in [0.3, 0.4) is 0 Å². The third kappa shape index (κ3) is 9.30. The SMILES string of the molecule is COc1cc(/C=C(/NC(=O)c2ccccc2)C(=O)Nc2cccc(SC(C(=O)Nc3cccc(Cl)c3C)c3ccccc3)c2)cc(OC)c1OC. The number of carbonyl (C=O) groups is 3. The Kier molecular flexibility index (Phi) is 12.4. The number of hydrogen-bond donors (Lipinski definition) is 3. The number of anilines is 2. The summed E-state index contributed by atoms with van der Waals surface area (Å²) in [5.74, 6) is -0.139. The maximum absolute atomic E-state index is 13.9. The smallest absolute Gasteiger partial charge is 0.272 e. The molecule has 0 radical (unpaired) electrons. The molecule has 5 aromatic rings. The predicted octanol–water partition coefficient (Wildman–Crippen LogP) is 8.56.